The van der Waals surface area contributed by atoms with Gasteiger partial charge in [0, 0.05) is 30.2 Å². The Bertz CT molecular complexity index is 1230. The molecule has 1 fully saturated rings. The van der Waals surface area contributed by atoms with Crippen LogP contribution in [0.3, 0.4) is 0 Å². The van der Waals surface area contributed by atoms with Crippen molar-refractivity contribution in [3.8, 4) is 17.2 Å². The van der Waals surface area contributed by atoms with Crippen LogP contribution in [0.25, 0.3) is 0 Å². The van der Waals surface area contributed by atoms with Crippen molar-refractivity contribution >= 4 is 17.5 Å². The number of hydrogen-bond acceptors (Lipinski definition) is 7. The van der Waals surface area contributed by atoms with Crippen LogP contribution in [-0.2, 0) is 4.79 Å². The number of ether oxygens (including phenoxy) is 3. The minimum Gasteiger partial charge on any atom is -0.497 e. The molecule has 1 aliphatic heterocycles. The maximum absolute atomic E-state index is 14.0. The summed E-state index contributed by atoms with van der Waals surface area (Å²) in [5.41, 5.74) is 1.25. The molecule has 1 aromatic heterocycles. The molecule has 2 amide bonds. The predicted molar refractivity (Wildman–Crippen MR) is 137 cm³/mol. The normalized spacial score (nSPS) is 15.9. The van der Waals surface area contributed by atoms with E-state index in [-0.39, 0.29) is 17.6 Å². The van der Waals surface area contributed by atoms with Gasteiger partial charge in [0.05, 0.1) is 13.3 Å². The summed E-state index contributed by atoms with van der Waals surface area (Å²) in [6.45, 7) is 0.853. The Kier molecular flexibility index (Phi) is 7.49. The smallest absolute Gasteiger partial charge is 0.279 e. The quantitative estimate of drug-likeness (QED) is 0.519. The number of nitrogens with one attached hydrogen (secondary N) is 1. The zero-order chi connectivity index (χ0) is 25.6. The molecule has 2 aliphatic rings. The second-order valence-corrected chi connectivity index (χ2v) is 9.11. The van der Waals surface area contributed by atoms with Gasteiger partial charge >= 0.3 is 0 Å². The van der Waals surface area contributed by atoms with Gasteiger partial charge in [0.2, 0.25) is 5.91 Å². The van der Waals surface area contributed by atoms with Crippen LogP contribution in [-0.4, -0.2) is 48.1 Å². The van der Waals surface area contributed by atoms with Crippen molar-refractivity contribution in [3.63, 3.8) is 0 Å². The highest BCUT2D eigenvalue weighted by molar-refractivity contribution is 6.09. The van der Waals surface area contributed by atoms with E-state index in [1.54, 1.807) is 49.6 Å². The lowest BCUT2D eigenvalue weighted by atomic mass is 9.94. The average molecular weight is 503 g/mol. The molecular formula is C28H30N4O5. The van der Waals surface area contributed by atoms with Crippen LogP contribution in [0.4, 0.5) is 5.69 Å². The third-order valence-corrected chi connectivity index (χ3v) is 6.69. The van der Waals surface area contributed by atoms with Crippen molar-refractivity contribution in [2.75, 3.05) is 25.2 Å². The lowest BCUT2D eigenvalue weighted by Crippen LogP contribution is -2.47. The molecule has 5 rings (SSSR count). The van der Waals surface area contributed by atoms with Crippen molar-refractivity contribution in [1.82, 2.24) is 15.3 Å². The maximum atomic E-state index is 14.0. The highest BCUT2D eigenvalue weighted by Gasteiger charge is 2.36. The fraction of sp³-hybridized carbons (Fsp3) is 0.357. The molecule has 9 heteroatoms. The van der Waals surface area contributed by atoms with E-state index in [0.717, 1.165) is 25.7 Å². The first-order chi connectivity index (χ1) is 18.1. The highest BCUT2D eigenvalue weighted by Crippen LogP contribution is 2.38. The Morgan fingerprint density at radius 1 is 1.00 bits per heavy atom. The topological polar surface area (TPSA) is 103 Å². The summed E-state index contributed by atoms with van der Waals surface area (Å²) in [5, 5.41) is 3.21. The summed E-state index contributed by atoms with van der Waals surface area (Å²) in [7, 11) is 1.58. The minimum absolute atomic E-state index is 0.0655. The van der Waals surface area contributed by atoms with E-state index in [1.807, 2.05) is 0 Å². The van der Waals surface area contributed by atoms with Crippen LogP contribution in [0, 0.1) is 0 Å². The van der Waals surface area contributed by atoms with Crippen LogP contribution >= 0.6 is 0 Å². The van der Waals surface area contributed by atoms with Crippen LogP contribution in [0.15, 0.2) is 61.1 Å². The molecule has 1 aliphatic carbocycles. The number of rotatable bonds is 7. The lowest BCUT2D eigenvalue weighted by Gasteiger charge is -2.33. The molecule has 3 aromatic rings. The zero-order valence-electron chi connectivity index (χ0n) is 20.8. The lowest BCUT2D eigenvalue weighted by molar-refractivity contribution is -0.123. The fourth-order valence-corrected chi connectivity index (χ4v) is 4.83. The first kappa shape index (κ1) is 24.5. The van der Waals surface area contributed by atoms with Crippen LogP contribution in [0.5, 0.6) is 17.2 Å². The summed E-state index contributed by atoms with van der Waals surface area (Å²) < 4.78 is 16.8. The molecule has 192 valence electrons. The molecule has 1 atom stereocenters. The third-order valence-electron chi connectivity index (χ3n) is 6.69. The van der Waals surface area contributed by atoms with Crippen molar-refractivity contribution in [1.29, 1.82) is 0 Å². The van der Waals surface area contributed by atoms with E-state index in [0.29, 0.717) is 41.7 Å². The SMILES string of the molecule is COc1ccc(C(C(=O)NC2CCCCC2)N(C(=O)c2cnccn2)c2ccc3c(c2)OCCO3)cc1. The predicted octanol–water partition coefficient (Wildman–Crippen LogP) is 4.09. The standard InChI is InChI=1S/C28H30N4O5/c1-35-22-10-7-19(8-11-22)26(27(33)31-20-5-3-2-4-6-20)32(28(34)23-18-29-13-14-30-23)21-9-12-24-25(17-21)37-16-15-36-24/h7-14,17-18,20,26H,2-6,15-16H2,1H3,(H,31,33). The second-order valence-electron chi connectivity index (χ2n) is 9.11. The van der Waals surface area contributed by atoms with Gasteiger partial charge in [-0.25, -0.2) is 4.98 Å². The van der Waals surface area contributed by atoms with E-state index in [2.05, 4.69) is 15.3 Å². The number of nitrogens with zero attached hydrogens (tertiary/aromatic N) is 3. The highest BCUT2D eigenvalue weighted by atomic mass is 16.6. The van der Waals surface area contributed by atoms with Crippen molar-refractivity contribution in [3.05, 3.63) is 72.3 Å². The molecule has 1 saturated carbocycles. The molecule has 0 spiro atoms. The number of amides is 2. The molecule has 1 N–H and O–H groups in total. The van der Waals surface area contributed by atoms with Crippen LogP contribution in [0.2, 0.25) is 0 Å². The summed E-state index contributed by atoms with van der Waals surface area (Å²) in [4.78, 5) is 37.7. The monoisotopic (exact) mass is 502 g/mol. The Hall–Kier alpha value is -4.14. The zero-order valence-corrected chi connectivity index (χ0v) is 20.8. The Labute approximate surface area is 215 Å². The van der Waals surface area contributed by atoms with Gasteiger partial charge < -0.3 is 19.5 Å². The first-order valence-electron chi connectivity index (χ1n) is 12.6. The number of benzene rings is 2. The Balaban J connectivity index is 1.60. The first-order valence-corrected chi connectivity index (χ1v) is 12.6. The summed E-state index contributed by atoms with van der Waals surface area (Å²) in [6.07, 6.45) is 9.51. The van der Waals surface area contributed by atoms with Gasteiger partial charge in [0.25, 0.3) is 5.91 Å². The van der Waals surface area contributed by atoms with Crippen LogP contribution in [0.1, 0.15) is 54.2 Å². The van der Waals surface area contributed by atoms with Crippen molar-refractivity contribution in [2.45, 2.75) is 44.2 Å². The Morgan fingerprint density at radius 2 is 1.76 bits per heavy atom. The van der Waals surface area contributed by atoms with Gasteiger partial charge in [0.1, 0.15) is 30.7 Å². The van der Waals surface area contributed by atoms with E-state index < -0.39 is 11.9 Å². The van der Waals surface area contributed by atoms with Gasteiger partial charge in [0.15, 0.2) is 11.5 Å². The second kappa shape index (κ2) is 11.3. The molecule has 2 aromatic carbocycles. The molecular weight excluding hydrogens is 472 g/mol. The average Bonchev–Trinajstić information content (AvgIpc) is 2.96. The fourth-order valence-electron chi connectivity index (χ4n) is 4.83. The molecule has 1 unspecified atom stereocenters. The van der Waals surface area contributed by atoms with Gasteiger partial charge in [-0.05, 0) is 42.7 Å². The van der Waals surface area contributed by atoms with E-state index in [4.69, 9.17) is 14.2 Å². The van der Waals surface area contributed by atoms with Gasteiger partial charge in [-0.1, -0.05) is 31.4 Å². The number of hydrogen-bond donors (Lipinski definition) is 1. The van der Waals surface area contributed by atoms with E-state index >= 15 is 0 Å². The molecule has 9 nitrogen and oxygen atoms in total. The minimum atomic E-state index is -0.968. The Morgan fingerprint density at radius 3 is 2.46 bits per heavy atom. The van der Waals surface area contributed by atoms with Crippen molar-refractivity contribution < 1.29 is 23.8 Å². The number of anilines is 1. The molecule has 2 heterocycles. The van der Waals surface area contributed by atoms with E-state index in [1.165, 1.54) is 29.9 Å². The van der Waals surface area contributed by atoms with Gasteiger partial charge in [-0.15, -0.1) is 0 Å². The number of carbonyl (C=O) groups is 2. The number of aromatic nitrogens is 2. The number of fused-ring (bicyclic) bond motifs is 1. The van der Waals surface area contributed by atoms with Gasteiger partial charge in [-0.3, -0.25) is 19.5 Å². The summed E-state index contributed by atoms with van der Waals surface area (Å²) in [6, 6.07) is 11.5. The maximum Gasteiger partial charge on any atom is 0.279 e. The van der Waals surface area contributed by atoms with Crippen LogP contribution < -0.4 is 24.4 Å². The van der Waals surface area contributed by atoms with Gasteiger partial charge in [-0.2, -0.15) is 0 Å². The molecule has 0 radical (unpaired) electrons. The van der Waals surface area contributed by atoms with E-state index in [9.17, 15) is 9.59 Å². The number of carbonyl (C=O) groups excluding carboxylic acids is 2. The molecule has 0 saturated heterocycles. The largest absolute Gasteiger partial charge is 0.497 e. The van der Waals surface area contributed by atoms with Crippen molar-refractivity contribution in [2.24, 2.45) is 0 Å². The summed E-state index contributed by atoms with van der Waals surface area (Å²) >= 11 is 0. The summed E-state index contributed by atoms with van der Waals surface area (Å²) in [5.74, 6) is 1.05. The molecule has 0 bridgehead atoms. The third kappa shape index (κ3) is 5.50. The number of methoxy groups -OCH3 is 1. The molecule has 37 heavy (non-hydrogen) atoms.